The van der Waals surface area contributed by atoms with Crippen molar-refractivity contribution in [3.8, 4) is 0 Å². The molecule has 0 saturated heterocycles. The van der Waals surface area contributed by atoms with Crippen LogP contribution in [0.15, 0.2) is 24.3 Å². The van der Waals surface area contributed by atoms with Gasteiger partial charge in [-0.05, 0) is 24.1 Å². The molecular formula is C11H15ClN2O3. The zero-order valence-corrected chi connectivity index (χ0v) is 9.93. The van der Waals surface area contributed by atoms with Crippen LogP contribution < -0.4 is 11.5 Å². The highest BCUT2D eigenvalue weighted by Crippen LogP contribution is 2.20. The summed E-state index contributed by atoms with van der Waals surface area (Å²) in [4.78, 5) is 10.3. The predicted molar refractivity (Wildman–Crippen MR) is 64.5 cm³/mol. The van der Waals surface area contributed by atoms with Crippen molar-refractivity contribution in [3.05, 3.63) is 34.9 Å². The van der Waals surface area contributed by atoms with E-state index in [0.717, 1.165) is 0 Å². The van der Waals surface area contributed by atoms with Crippen LogP contribution in [0.25, 0.3) is 0 Å². The van der Waals surface area contributed by atoms with Gasteiger partial charge in [-0.3, -0.25) is 0 Å². The predicted octanol–water partition coefficient (Wildman–Crippen LogP) is 1.19. The first-order chi connectivity index (χ1) is 8.00. The van der Waals surface area contributed by atoms with E-state index >= 15 is 0 Å². The van der Waals surface area contributed by atoms with Gasteiger partial charge in [-0.2, -0.15) is 0 Å². The van der Waals surface area contributed by atoms with Gasteiger partial charge in [0.1, 0.15) is 0 Å². The summed E-state index contributed by atoms with van der Waals surface area (Å²) in [5, 5.41) is 10.5. The summed E-state index contributed by atoms with van der Waals surface area (Å²) in [6, 6.07) is 6.26. The lowest BCUT2D eigenvalue weighted by molar-refractivity contribution is 0.115. The molecule has 6 heteroatoms. The second-order valence-corrected chi connectivity index (χ2v) is 4.06. The summed E-state index contributed by atoms with van der Waals surface area (Å²) < 4.78 is 4.54. The number of hydrogen-bond donors (Lipinski definition) is 3. The summed E-state index contributed by atoms with van der Waals surface area (Å²) in [6.07, 6.45) is -1.39. The molecule has 5 N–H and O–H groups in total. The fourth-order valence-electron chi connectivity index (χ4n) is 1.39. The number of aliphatic hydroxyl groups is 1. The number of amides is 1. The number of carbonyl (C=O) groups excluding carboxylic acids is 1. The molecule has 0 saturated carbocycles. The van der Waals surface area contributed by atoms with Gasteiger partial charge in [0.2, 0.25) is 0 Å². The number of halogens is 1. The van der Waals surface area contributed by atoms with E-state index in [-0.39, 0.29) is 6.61 Å². The van der Waals surface area contributed by atoms with Gasteiger partial charge in [0, 0.05) is 11.1 Å². The van der Waals surface area contributed by atoms with Gasteiger partial charge in [0.15, 0.2) is 0 Å². The summed E-state index contributed by atoms with van der Waals surface area (Å²) in [5.41, 5.74) is 11.2. The van der Waals surface area contributed by atoms with Crippen molar-refractivity contribution < 1.29 is 14.6 Å². The summed E-state index contributed by atoms with van der Waals surface area (Å²) in [5.74, 6) is 0. The Labute approximate surface area is 104 Å². The molecule has 0 spiro atoms. The molecule has 1 aromatic rings. The fourth-order valence-corrected chi connectivity index (χ4v) is 1.59. The molecule has 0 radical (unpaired) electrons. The van der Waals surface area contributed by atoms with Gasteiger partial charge in [-0.15, -0.1) is 0 Å². The van der Waals surface area contributed by atoms with Crippen molar-refractivity contribution in [1.82, 2.24) is 0 Å². The van der Waals surface area contributed by atoms with Crippen molar-refractivity contribution in [3.63, 3.8) is 0 Å². The number of benzene rings is 1. The fraction of sp³-hybridized carbons (Fsp3) is 0.364. The highest BCUT2D eigenvalue weighted by Gasteiger charge is 2.17. The van der Waals surface area contributed by atoms with Crippen LogP contribution in [0.2, 0.25) is 5.02 Å². The molecule has 1 rings (SSSR count). The van der Waals surface area contributed by atoms with Gasteiger partial charge in [0.05, 0.1) is 12.7 Å². The Bertz CT molecular complexity index is 387. The molecule has 2 atom stereocenters. The van der Waals surface area contributed by atoms with E-state index < -0.39 is 18.2 Å². The van der Waals surface area contributed by atoms with Crippen molar-refractivity contribution >= 4 is 17.7 Å². The maximum Gasteiger partial charge on any atom is 0.404 e. The van der Waals surface area contributed by atoms with Gasteiger partial charge in [0.25, 0.3) is 0 Å². The van der Waals surface area contributed by atoms with Crippen LogP contribution in [0, 0.1) is 0 Å². The molecule has 0 aliphatic carbocycles. The molecule has 0 aliphatic heterocycles. The Morgan fingerprint density at radius 2 is 2.24 bits per heavy atom. The Balaban J connectivity index is 2.51. The number of primary amides is 1. The topological polar surface area (TPSA) is 98.6 Å². The lowest BCUT2D eigenvalue weighted by atomic mass is 10.0. The Hall–Kier alpha value is -1.30. The third kappa shape index (κ3) is 4.60. The van der Waals surface area contributed by atoms with Crippen molar-refractivity contribution in [2.45, 2.75) is 18.6 Å². The van der Waals surface area contributed by atoms with Gasteiger partial charge in [-0.1, -0.05) is 23.7 Å². The molecule has 0 aromatic heterocycles. The van der Waals surface area contributed by atoms with Gasteiger partial charge < -0.3 is 21.3 Å². The van der Waals surface area contributed by atoms with E-state index in [1.165, 1.54) is 0 Å². The van der Waals surface area contributed by atoms with Gasteiger partial charge >= 0.3 is 6.09 Å². The van der Waals surface area contributed by atoms with E-state index in [2.05, 4.69) is 4.74 Å². The highest BCUT2D eigenvalue weighted by atomic mass is 35.5. The zero-order valence-electron chi connectivity index (χ0n) is 9.17. The monoisotopic (exact) mass is 258 g/mol. The number of rotatable bonds is 5. The minimum Gasteiger partial charge on any atom is -0.450 e. The van der Waals surface area contributed by atoms with E-state index in [1.807, 2.05) is 0 Å². The number of aliphatic hydroxyl groups excluding tert-OH is 1. The highest BCUT2D eigenvalue weighted by molar-refractivity contribution is 6.30. The standard InChI is InChI=1S/C11H15ClN2O3/c12-8-3-1-2-7(6-8)10(15)9(13)4-5-17-11(14)16/h1-3,6,9-10,15H,4-5,13H2,(H2,14,16). The zero-order chi connectivity index (χ0) is 12.8. The maximum atomic E-state index is 10.3. The molecule has 94 valence electrons. The number of nitrogens with two attached hydrogens (primary N) is 2. The van der Waals surface area contributed by atoms with Crippen LogP contribution in [-0.4, -0.2) is 23.8 Å². The van der Waals surface area contributed by atoms with Crippen LogP contribution in [-0.2, 0) is 4.74 Å². The Morgan fingerprint density at radius 3 is 2.82 bits per heavy atom. The molecule has 17 heavy (non-hydrogen) atoms. The molecular weight excluding hydrogens is 244 g/mol. The molecule has 0 bridgehead atoms. The van der Waals surface area contributed by atoms with Crippen molar-refractivity contribution in [2.75, 3.05) is 6.61 Å². The Kier molecular flexibility index (Phi) is 5.21. The summed E-state index contributed by atoms with van der Waals surface area (Å²) in [7, 11) is 0. The van der Waals surface area contributed by atoms with Crippen LogP contribution in [0.4, 0.5) is 4.79 Å². The quantitative estimate of drug-likeness (QED) is 0.739. The van der Waals surface area contributed by atoms with Crippen LogP contribution in [0.1, 0.15) is 18.1 Å². The van der Waals surface area contributed by atoms with Crippen LogP contribution >= 0.6 is 11.6 Å². The smallest absolute Gasteiger partial charge is 0.404 e. The molecule has 0 heterocycles. The third-order valence-corrected chi connectivity index (χ3v) is 2.53. The van der Waals surface area contributed by atoms with Crippen molar-refractivity contribution in [1.29, 1.82) is 0 Å². The lowest BCUT2D eigenvalue weighted by Gasteiger charge is -2.19. The number of ether oxygens (including phenoxy) is 1. The molecule has 0 aliphatic rings. The van der Waals surface area contributed by atoms with Gasteiger partial charge in [-0.25, -0.2) is 4.79 Å². The largest absolute Gasteiger partial charge is 0.450 e. The number of carbonyl (C=O) groups is 1. The molecule has 5 nitrogen and oxygen atoms in total. The third-order valence-electron chi connectivity index (χ3n) is 2.29. The molecule has 1 amide bonds. The Morgan fingerprint density at radius 1 is 1.53 bits per heavy atom. The van der Waals surface area contributed by atoms with Crippen LogP contribution in [0.5, 0.6) is 0 Å². The molecule has 1 aromatic carbocycles. The molecule has 2 unspecified atom stereocenters. The first-order valence-corrected chi connectivity index (χ1v) is 5.50. The first-order valence-electron chi connectivity index (χ1n) is 5.12. The van der Waals surface area contributed by atoms with E-state index in [4.69, 9.17) is 23.1 Å². The summed E-state index contributed by atoms with van der Waals surface area (Å²) in [6.45, 7) is 0.0775. The minimum atomic E-state index is -0.856. The number of hydrogen-bond acceptors (Lipinski definition) is 4. The minimum absolute atomic E-state index is 0.0775. The van der Waals surface area contributed by atoms with Crippen LogP contribution in [0.3, 0.4) is 0 Å². The first kappa shape index (κ1) is 13.8. The SMILES string of the molecule is NC(=O)OCCC(N)C(O)c1cccc(Cl)c1. The average Bonchev–Trinajstić information content (AvgIpc) is 2.27. The lowest BCUT2D eigenvalue weighted by Crippen LogP contribution is -2.30. The molecule has 0 fully saturated rings. The van der Waals surface area contributed by atoms with Crippen molar-refractivity contribution in [2.24, 2.45) is 11.5 Å². The second kappa shape index (κ2) is 6.44. The average molecular weight is 259 g/mol. The maximum absolute atomic E-state index is 10.3. The van der Waals surface area contributed by atoms with E-state index in [9.17, 15) is 9.90 Å². The van der Waals surface area contributed by atoms with E-state index in [1.54, 1.807) is 24.3 Å². The summed E-state index contributed by atoms with van der Waals surface area (Å²) >= 11 is 5.80. The second-order valence-electron chi connectivity index (χ2n) is 3.62. The van der Waals surface area contributed by atoms with E-state index in [0.29, 0.717) is 17.0 Å². The normalized spacial score (nSPS) is 14.1.